The molecule has 2 aromatic heterocycles. The first-order chi connectivity index (χ1) is 16.8. The quantitative estimate of drug-likeness (QED) is 0.357. The molecule has 178 valence electrons. The van der Waals surface area contributed by atoms with Crippen molar-refractivity contribution < 1.29 is 13.9 Å². The summed E-state index contributed by atoms with van der Waals surface area (Å²) in [6.45, 7) is 4.14. The Kier molecular flexibility index (Phi) is 7.04. The molecule has 8 nitrogen and oxygen atoms in total. The van der Waals surface area contributed by atoms with Crippen LogP contribution in [0.1, 0.15) is 46.9 Å². The maximum absolute atomic E-state index is 14.6. The molecule has 0 aliphatic rings. The topological polar surface area (TPSA) is 121 Å². The Bertz CT molecular complexity index is 1490. The van der Waals surface area contributed by atoms with E-state index in [2.05, 4.69) is 26.3 Å². The van der Waals surface area contributed by atoms with Gasteiger partial charge in [-0.15, -0.1) is 0 Å². The molecule has 0 saturated heterocycles. The zero-order chi connectivity index (χ0) is 25.2. The minimum absolute atomic E-state index is 0.0839. The van der Waals surface area contributed by atoms with Crippen LogP contribution in [0.5, 0.6) is 0 Å². The summed E-state index contributed by atoms with van der Waals surface area (Å²) in [4.78, 5) is 24.3. The van der Waals surface area contributed by atoms with E-state index in [0.29, 0.717) is 32.4 Å². The van der Waals surface area contributed by atoms with Gasteiger partial charge in [-0.25, -0.2) is 9.97 Å². The zero-order valence-corrected chi connectivity index (χ0v) is 21.0. The summed E-state index contributed by atoms with van der Waals surface area (Å²) in [5.41, 5.74) is 2.58. The second-order valence-electron chi connectivity index (χ2n) is 8.28. The average Bonchev–Trinajstić information content (AvgIpc) is 3.26. The molecular weight excluding hydrogens is 485 g/mol. The molecule has 2 aromatic carbocycles. The Balaban J connectivity index is 1.90. The van der Waals surface area contributed by atoms with Crippen LogP contribution in [-0.4, -0.2) is 28.0 Å². The normalized spacial score (nSPS) is 12.9. The lowest BCUT2D eigenvalue weighted by Crippen LogP contribution is -2.30. The van der Waals surface area contributed by atoms with Gasteiger partial charge in [0.2, 0.25) is 0 Å². The van der Waals surface area contributed by atoms with Crippen molar-refractivity contribution >= 4 is 46.4 Å². The molecule has 35 heavy (non-hydrogen) atoms. The van der Waals surface area contributed by atoms with Crippen LogP contribution < -0.4 is 15.9 Å². The number of hydrogen-bond donors (Lipinski definition) is 2. The summed E-state index contributed by atoms with van der Waals surface area (Å²) in [5.74, 6) is -0.394. The maximum atomic E-state index is 14.6. The molecule has 0 aliphatic carbocycles. The first-order valence-electron chi connectivity index (χ1n) is 10.8. The van der Waals surface area contributed by atoms with E-state index in [1.807, 2.05) is 13.8 Å². The minimum atomic E-state index is -3.84. The number of fused-ring (bicyclic) bond motifs is 1. The molecule has 1 amide bonds. The second-order valence-corrected chi connectivity index (χ2v) is 11.1. The molecule has 1 unspecified atom stereocenters. The summed E-state index contributed by atoms with van der Waals surface area (Å²) in [7, 11) is -2.51. The highest BCUT2D eigenvalue weighted by Crippen LogP contribution is 2.47. The zero-order valence-electron chi connectivity index (χ0n) is 19.4. The number of nitriles is 1. The summed E-state index contributed by atoms with van der Waals surface area (Å²) in [5, 5.41) is 13.9. The second kappa shape index (κ2) is 10.0. The molecule has 0 fully saturated rings. The van der Waals surface area contributed by atoms with Gasteiger partial charge in [-0.3, -0.25) is 9.36 Å². The van der Waals surface area contributed by atoms with Gasteiger partial charge in [0.25, 0.3) is 13.3 Å². The fourth-order valence-electron chi connectivity index (χ4n) is 3.84. The van der Waals surface area contributed by atoms with Gasteiger partial charge in [-0.1, -0.05) is 25.4 Å². The molecule has 0 radical (unpaired) electrons. The van der Waals surface area contributed by atoms with E-state index < -0.39 is 13.3 Å². The monoisotopic (exact) mass is 507 g/mol. The molecule has 1 atom stereocenters. The third-order valence-electron chi connectivity index (χ3n) is 5.65. The van der Waals surface area contributed by atoms with Gasteiger partial charge in [0.05, 0.1) is 16.9 Å². The van der Waals surface area contributed by atoms with Crippen LogP contribution in [0.4, 0.5) is 0 Å². The SMILES string of the molecule is COP(=O)(c1cc(C#N)cc(C(C)C)c1)c1c(C(=O)NCc2cncnc2)[nH]c2ccc(Cl)cc12. The van der Waals surface area contributed by atoms with Crippen molar-refractivity contribution in [3.63, 3.8) is 0 Å². The largest absolute Gasteiger partial charge is 0.350 e. The smallest absolute Gasteiger partial charge is 0.268 e. The first-order valence-corrected chi connectivity index (χ1v) is 12.8. The molecule has 2 N–H and O–H groups in total. The molecule has 0 saturated carbocycles. The molecule has 4 aromatic rings. The van der Waals surface area contributed by atoms with Crippen molar-refractivity contribution in [2.24, 2.45) is 0 Å². The molecule has 0 aliphatic heterocycles. The van der Waals surface area contributed by atoms with Gasteiger partial charge >= 0.3 is 0 Å². The van der Waals surface area contributed by atoms with E-state index in [1.54, 1.807) is 48.8 Å². The van der Waals surface area contributed by atoms with Crippen LogP contribution in [0.15, 0.2) is 55.1 Å². The van der Waals surface area contributed by atoms with Crippen molar-refractivity contribution in [3.8, 4) is 6.07 Å². The fraction of sp³-hybridized carbons (Fsp3) is 0.200. The number of hydrogen-bond acceptors (Lipinski definition) is 6. The number of aromatic amines is 1. The van der Waals surface area contributed by atoms with Crippen LogP contribution in [0.25, 0.3) is 10.9 Å². The van der Waals surface area contributed by atoms with E-state index in [4.69, 9.17) is 16.1 Å². The fourth-order valence-corrected chi connectivity index (χ4v) is 6.25. The molecule has 4 rings (SSSR count). The van der Waals surface area contributed by atoms with Crippen molar-refractivity contribution in [3.05, 3.63) is 82.5 Å². The van der Waals surface area contributed by atoms with Crippen molar-refractivity contribution in [1.82, 2.24) is 20.3 Å². The Morgan fingerprint density at radius 1 is 1.23 bits per heavy atom. The molecule has 10 heteroatoms. The van der Waals surface area contributed by atoms with Crippen LogP contribution in [0.3, 0.4) is 0 Å². The number of benzene rings is 2. The van der Waals surface area contributed by atoms with Gasteiger partial charge in [0, 0.05) is 52.8 Å². The van der Waals surface area contributed by atoms with Gasteiger partial charge in [0.1, 0.15) is 12.0 Å². The number of H-pyrrole nitrogens is 1. The lowest BCUT2D eigenvalue weighted by molar-refractivity contribution is 0.0947. The maximum Gasteiger partial charge on any atom is 0.268 e. The molecular formula is C25H23ClN5O3P. The number of nitrogens with one attached hydrogen (secondary N) is 2. The number of amides is 1. The Hall–Kier alpha value is -3.50. The van der Waals surface area contributed by atoms with Gasteiger partial charge in [0.15, 0.2) is 0 Å². The Labute approximate surface area is 207 Å². The number of aromatic nitrogens is 3. The van der Waals surface area contributed by atoms with Crippen LogP contribution in [0, 0.1) is 11.3 Å². The van der Waals surface area contributed by atoms with E-state index in [-0.39, 0.29) is 23.5 Å². The average molecular weight is 508 g/mol. The van der Waals surface area contributed by atoms with E-state index in [9.17, 15) is 14.6 Å². The molecule has 0 spiro atoms. The predicted octanol–water partition coefficient (Wildman–Crippen LogP) is 4.41. The molecule has 2 heterocycles. The Morgan fingerprint density at radius 3 is 2.63 bits per heavy atom. The number of carbonyl (C=O) groups is 1. The lowest BCUT2D eigenvalue weighted by Gasteiger charge is -2.20. The summed E-state index contributed by atoms with van der Waals surface area (Å²) in [6.07, 6.45) is 4.60. The standard InChI is InChI=1S/C25H23ClN5O3P/c1-15(2)18-6-16(10-27)7-20(8-18)35(33,34-3)24-21-9-19(26)4-5-22(21)31-23(24)25(32)30-13-17-11-28-14-29-12-17/h4-9,11-12,14-15,31H,13H2,1-3H3,(H,30,32). The third-order valence-corrected chi connectivity index (χ3v) is 8.40. The van der Waals surface area contributed by atoms with Crippen LogP contribution in [0.2, 0.25) is 5.02 Å². The van der Waals surface area contributed by atoms with E-state index in [0.717, 1.165) is 5.56 Å². The van der Waals surface area contributed by atoms with Crippen molar-refractivity contribution in [2.75, 3.05) is 7.11 Å². The number of rotatable bonds is 7. The van der Waals surface area contributed by atoms with Gasteiger partial charge < -0.3 is 14.8 Å². The lowest BCUT2D eigenvalue weighted by atomic mass is 10.0. The van der Waals surface area contributed by atoms with Crippen molar-refractivity contribution in [2.45, 2.75) is 26.3 Å². The predicted molar refractivity (Wildman–Crippen MR) is 136 cm³/mol. The van der Waals surface area contributed by atoms with Crippen molar-refractivity contribution in [1.29, 1.82) is 5.26 Å². The summed E-state index contributed by atoms with van der Waals surface area (Å²) >= 11 is 6.27. The van der Waals surface area contributed by atoms with Crippen LogP contribution >= 0.6 is 19.0 Å². The van der Waals surface area contributed by atoms with Gasteiger partial charge in [-0.05, 0) is 47.9 Å². The van der Waals surface area contributed by atoms with Gasteiger partial charge in [-0.2, -0.15) is 5.26 Å². The highest BCUT2D eigenvalue weighted by molar-refractivity contribution is 7.75. The highest BCUT2D eigenvalue weighted by Gasteiger charge is 2.36. The third kappa shape index (κ3) is 4.85. The van der Waals surface area contributed by atoms with Crippen LogP contribution in [-0.2, 0) is 15.6 Å². The number of nitrogens with zero attached hydrogens (tertiary/aromatic N) is 3. The Morgan fingerprint density at radius 2 is 1.97 bits per heavy atom. The molecule has 0 bridgehead atoms. The number of carbonyl (C=O) groups excluding carboxylic acids is 1. The highest BCUT2D eigenvalue weighted by atomic mass is 35.5. The van der Waals surface area contributed by atoms with E-state index >= 15 is 0 Å². The number of halogens is 1. The summed E-state index contributed by atoms with van der Waals surface area (Å²) in [6, 6.07) is 12.2. The van der Waals surface area contributed by atoms with E-state index in [1.165, 1.54) is 13.4 Å². The summed E-state index contributed by atoms with van der Waals surface area (Å²) < 4.78 is 20.3. The minimum Gasteiger partial charge on any atom is -0.350 e. The first kappa shape index (κ1) is 24.6.